The fraction of sp³-hybridized carbons (Fsp3) is 0.286. The third kappa shape index (κ3) is 3.44. The van der Waals surface area contributed by atoms with E-state index in [1.165, 1.54) is 12.1 Å². The smallest absolute Gasteiger partial charge is 0.341 e. The minimum atomic E-state index is -0.444. The van der Waals surface area contributed by atoms with Crippen LogP contribution in [0.1, 0.15) is 28.5 Å². The largest absolute Gasteiger partial charge is 0.462 e. The number of nitrogens with zero attached hydrogens (tertiary/aromatic N) is 3. The van der Waals surface area contributed by atoms with Gasteiger partial charge in [-0.1, -0.05) is 12.1 Å². The quantitative estimate of drug-likeness (QED) is 0.479. The zero-order chi connectivity index (χ0) is 15.4. The lowest BCUT2D eigenvalue weighted by Crippen LogP contribution is -2.05. The van der Waals surface area contributed by atoms with Gasteiger partial charge in [-0.2, -0.15) is 5.10 Å². The van der Waals surface area contributed by atoms with Gasteiger partial charge in [-0.15, -0.1) is 0 Å². The standard InChI is InChI=1S/C14H15N3O4/c1-3-21-14(18)13-9-16(15-10(13)2)8-11-4-6-12(7-5-11)17(19)20/h4-7,9H,3,8H2,1-2H3. The van der Waals surface area contributed by atoms with E-state index >= 15 is 0 Å². The van der Waals surface area contributed by atoms with Crippen molar-refractivity contribution in [2.24, 2.45) is 0 Å². The highest BCUT2D eigenvalue weighted by Gasteiger charge is 2.14. The number of carbonyl (C=O) groups excluding carboxylic acids is 1. The first-order chi connectivity index (χ1) is 10.0. The van der Waals surface area contributed by atoms with Crippen molar-refractivity contribution >= 4 is 11.7 Å². The molecule has 0 spiro atoms. The van der Waals surface area contributed by atoms with Crippen molar-refractivity contribution in [1.82, 2.24) is 9.78 Å². The van der Waals surface area contributed by atoms with Gasteiger partial charge in [0.25, 0.3) is 5.69 Å². The number of ether oxygens (including phenoxy) is 1. The summed E-state index contributed by atoms with van der Waals surface area (Å²) in [5.41, 5.74) is 1.93. The number of carbonyl (C=O) groups is 1. The van der Waals surface area contributed by atoms with E-state index in [-0.39, 0.29) is 5.69 Å². The summed E-state index contributed by atoms with van der Waals surface area (Å²) in [6, 6.07) is 6.22. The number of rotatable bonds is 5. The summed E-state index contributed by atoms with van der Waals surface area (Å²) in [5, 5.41) is 14.8. The monoisotopic (exact) mass is 289 g/mol. The molecule has 0 radical (unpaired) electrons. The van der Waals surface area contributed by atoms with E-state index in [0.29, 0.717) is 24.4 Å². The maximum atomic E-state index is 11.7. The maximum Gasteiger partial charge on any atom is 0.341 e. The van der Waals surface area contributed by atoms with Crippen LogP contribution >= 0.6 is 0 Å². The Morgan fingerprint density at radius 2 is 2.05 bits per heavy atom. The second-order valence-corrected chi connectivity index (χ2v) is 4.47. The lowest BCUT2D eigenvalue weighted by molar-refractivity contribution is -0.384. The molecule has 0 aliphatic carbocycles. The van der Waals surface area contributed by atoms with E-state index < -0.39 is 10.9 Å². The highest BCUT2D eigenvalue weighted by Crippen LogP contribution is 2.14. The van der Waals surface area contributed by atoms with E-state index in [1.807, 2.05) is 0 Å². The number of nitro benzene ring substituents is 1. The lowest BCUT2D eigenvalue weighted by Gasteiger charge is -2.01. The maximum absolute atomic E-state index is 11.7. The van der Waals surface area contributed by atoms with Gasteiger partial charge in [-0.25, -0.2) is 4.79 Å². The summed E-state index contributed by atoms with van der Waals surface area (Å²) in [4.78, 5) is 21.8. The number of esters is 1. The van der Waals surface area contributed by atoms with Crippen LogP contribution < -0.4 is 0 Å². The molecule has 0 amide bonds. The minimum absolute atomic E-state index is 0.0441. The van der Waals surface area contributed by atoms with E-state index in [2.05, 4.69) is 5.10 Å². The van der Waals surface area contributed by atoms with Crippen LogP contribution in [0.3, 0.4) is 0 Å². The molecule has 2 aromatic rings. The van der Waals surface area contributed by atoms with Crippen molar-refractivity contribution in [1.29, 1.82) is 0 Å². The van der Waals surface area contributed by atoms with Gasteiger partial charge in [-0.3, -0.25) is 14.8 Å². The number of benzene rings is 1. The molecule has 0 unspecified atom stereocenters. The summed E-state index contributed by atoms with van der Waals surface area (Å²) < 4.78 is 6.56. The van der Waals surface area contributed by atoms with E-state index in [1.54, 1.807) is 36.9 Å². The average Bonchev–Trinajstić information content (AvgIpc) is 2.80. The van der Waals surface area contributed by atoms with Crippen LogP contribution in [0.2, 0.25) is 0 Å². The molecule has 7 nitrogen and oxygen atoms in total. The Balaban J connectivity index is 2.14. The fourth-order valence-corrected chi connectivity index (χ4v) is 1.92. The predicted octanol–water partition coefficient (Wildman–Crippen LogP) is 2.32. The van der Waals surface area contributed by atoms with Crippen molar-refractivity contribution in [3.8, 4) is 0 Å². The second-order valence-electron chi connectivity index (χ2n) is 4.47. The van der Waals surface area contributed by atoms with Crippen molar-refractivity contribution in [3.05, 3.63) is 57.4 Å². The molecule has 0 aliphatic heterocycles. The van der Waals surface area contributed by atoms with E-state index in [9.17, 15) is 14.9 Å². The van der Waals surface area contributed by atoms with E-state index in [4.69, 9.17) is 4.74 Å². The number of hydrogen-bond donors (Lipinski definition) is 0. The van der Waals surface area contributed by atoms with E-state index in [0.717, 1.165) is 5.56 Å². The minimum Gasteiger partial charge on any atom is -0.462 e. The molecule has 1 aromatic heterocycles. The summed E-state index contributed by atoms with van der Waals surface area (Å²) in [7, 11) is 0. The van der Waals surface area contributed by atoms with Crippen LogP contribution in [0.25, 0.3) is 0 Å². The van der Waals surface area contributed by atoms with Crippen LogP contribution in [0.15, 0.2) is 30.5 Å². The Bertz CT molecular complexity index is 661. The first-order valence-corrected chi connectivity index (χ1v) is 6.45. The number of non-ortho nitro benzene ring substituents is 1. The zero-order valence-corrected chi connectivity index (χ0v) is 11.8. The first kappa shape index (κ1) is 14.7. The number of aromatic nitrogens is 2. The molecule has 110 valence electrons. The number of nitro groups is 1. The molecule has 0 atom stereocenters. The number of aryl methyl sites for hydroxylation is 1. The Labute approximate surface area is 121 Å². The Morgan fingerprint density at radius 3 is 2.62 bits per heavy atom. The average molecular weight is 289 g/mol. The molecule has 0 saturated carbocycles. The SMILES string of the molecule is CCOC(=O)c1cn(Cc2ccc([N+](=O)[O-])cc2)nc1C. The van der Waals surface area contributed by atoms with Crippen molar-refractivity contribution in [2.75, 3.05) is 6.61 Å². The highest BCUT2D eigenvalue weighted by molar-refractivity contribution is 5.90. The molecule has 1 heterocycles. The molecule has 21 heavy (non-hydrogen) atoms. The zero-order valence-electron chi connectivity index (χ0n) is 11.8. The molecule has 7 heteroatoms. The highest BCUT2D eigenvalue weighted by atomic mass is 16.6. The summed E-state index contributed by atoms with van der Waals surface area (Å²) in [5.74, 6) is -0.398. The molecule has 0 fully saturated rings. The molecule has 1 aromatic carbocycles. The van der Waals surface area contributed by atoms with Crippen molar-refractivity contribution in [2.45, 2.75) is 20.4 Å². The van der Waals surface area contributed by atoms with Gasteiger partial charge < -0.3 is 4.74 Å². The molecular formula is C14H15N3O4. The van der Waals surface area contributed by atoms with Crippen molar-refractivity contribution < 1.29 is 14.5 Å². The summed E-state index contributed by atoms with van der Waals surface area (Å²) in [6.07, 6.45) is 1.62. The van der Waals surface area contributed by atoms with Gasteiger partial charge in [0.05, 0.1) is 23.8 Å². The molecule has 0 saturated heterocycles. The molecule has 0 aliphatic rings. The molecule has 2 rings (SSSR count). The van der Waals surface area contributed by atoms with Gasteiger partial charge >= 0.3 is 5.97 Å². The molecule has 0 N–H and O–H groups in total. The Morgan fingerprint density at radius 1 is 1.38 bits per heavy atom. The lowest BCUT2D eigenvalue weighted by atomic mass is 10.2. The van der Waals surface area contributed by atoms with Crippen LogP contribution in [0.5, 0.6) is 0 Å². The topological polar surface area (TPSA) is 87.3 Å². The Hall–Kier alpha value is -2.70. The van der Waals surface area contributed by atoms with Crippen LogP contribution in [-0.4, -0.2) is 27.3 Å². The molecular weight excluding hydrogens is 274 g/mol. The van der Waals surface area contributed by atoms with Gasteiger partial charge in [0.15, 0.2) is 0 Å². The third-order valence-electron chi connectivity index (χ3n) is 2.93. The summed E-state index contributed by atoms with van der Waals surface area (Å²) >= 11 is 0. The van der Waals surface area contributed by atoms with Gasteiger partial charge in [0.2, 0.25) is 0 Å². The summed E-state index contributed by atoms with van der Waals surface area (Å²) in [6.45, 7) is 4.22. The normalized spacial score (nSPS) is 10.4. The number of hydrogen-bond acceptors (Lipinski definition) is 5. The van der Waals surface area contributed by atoms with Gasteiger partial charge in [-0.05, 0) is 19.4 Å². The van der Waals surface area contributed by atoms with Crippen LogP contribution in [-0.2, 0) is 11.3 Å². The fourth-order valence-electron chi connectivity index (χ4n) is 1.92. The first-order valence-electron chi connectivity index (χ1n) is 6.45. The second kappa shape index (κ2) is 6.17. The third-order valence-corrected chi connectivity index (χ3v) is 2.93. The Kier molecular flexibility index (Phi) is 4.32. The van der Waals surface area contributed by atoms with Crippen molar-refractivity contribution in [3.63, 3.8) is 0 Å². The van der Waals surface area contributed by atoms with Crippen LogP contribution in [0, 0.1) is 17.0 Å². The van der Waals surface area contributed by atoms with Gasteiger partial charge in [0.1, 0.15) is 5.56 Å². The van der Waals surface area contributed by atoms with Crippen LogP contribution in [0.4, 0.5) is 5.69 Å². The predicted molar refractivity (Wildman–Crippen MR) is 75.1 cm³/mol. The molecule has 0 bridgehead atoms. The van der Waals surface area contributed by atoms with Gasteiger partial charge in [0, 0.05) is 18.3 Å².